The average molecular weight is 747 g/mol. The lowest BCUT2D eigenvalue weighted by atomic mass is 9.76. The van der Waals surface area contributed by atoms with Gasteiger partial charge in [0.1, 0.15) is 0 Å². The third-order valence-electron chi connectivity index (χ3n) is 12.6. The number of hydrogen-bond acceptors (Lipinski definition) is 2. The molecule has 8 aromatic carbocycles. The molecule has 2 heteroatoms. The number of benzene rings is 8. The molecule has 0 heterocycles. The Morgan fingerprint density at radius 1 is 0.483 bits per heavy atom. The number of para-hydroxylation sites is 1. The summed E-state index contributed by atoms with van der Waals surface area (Å²) in [4.78, 5) is 4.81. The molecule has 1 unspecified atom stereocenters. The Morgan fingerprint density at radius 2 is 1.00 bits per heavy atom. The van der Waals surface area contributed by atoms with Crippen molar-refractivity contribution in [3.63, 3.8) is 0 Å². The third kappa shape index (κ3) is 6.04. The molecule has 0 N–H and O–H groups in total. The molecule has 0 fully saturated rings. The number of anilines is 5. The van der Waals surface area contributed by atoms with Crippen LogP contribution in [0, 0.1) is 0 Å². The van der Waals surface area contributed by atoms with Crippen molar-refractivity contribution in [2.75, 3.05) is 9.80 Å². The fourth-order valence-corrected chi connectivity index (χ4v) is 9.18. The second-order valence-electron chi connectivity index (χ2n) is 16.6. The summed E-state index contributed by atoms with van der Waals surface area (Å²) in [6.07, 6.45) is 9.99. The number of rotatable bonds is 8. The van der Waals surface area contributed by atoms with Gasteiger partial charge in [0.2, 0.25) is 0 Å². The lowest BCUT2D eigenvalue weighted by Crippen LogP contribution is -2.24. The molecule has 0 aliphatic heterocycles. The summed E-state index contributed by atoms with van der Waals surface area (Å²) in [7, 11) is 0. The molecule has 2 aliphatic rings. The van der Waals surface area contributed by atoms with Crippen LogP contribution in [0.5, 0.6) is 0 Å². The predicted octanol–water partition coefficient (Wildman–Crippen LogP) is 15.4. The van der Waals surface area contributed by atoms with E-state index in [2.05, 4.69) is 231 Å². The highest BCUT2D eigenvalue weighted by Gasteiger charge is 2.37. The summed E-state index contributed by atoms with van der Waals surface area (Å²) < 4.78 is 0. The van der Waals surface area contributed by atoms with Crippen LogP contribution in [0.15, 0.2) is 206 Å². The van der Waals surface area contributed by atoms with Gasteiger partial charge in [-0.3, -0.25) is 0 Å². The van der Waals surface area contributed by atoms with Crippen molar-refractivity contribution < 1.29 is 0 Å². The summed E-state index contributed by atoms with van der Waals surface area (Å²) in [5.74, 6) is 0. The molecule has 10 rings (SSSR count). The average Bonchev–Trinajstić information content (AvgIpc) is 3.49. The molecular formula is C56H46N2. The van der Waals surface area contributed by atoms with Gasteiger partial charge in [-0.25, -0.2) is 0 Å². The molecule has 1 atom stereocenters. The van der Waals surface area contributed by atoms with Crippen LogP contribution in [0.3, 0.4) is 0 Å². The number of fused-ring (bicyclic) bond motifs is 5. The molecule has 8 aromatic rings. The summed E-state index contributed by atoms with van der Waals surface area (Å²) in [6.45, 7) is 11.1. The van der Waals surface area contributed by atoms with Gasteiger partial charge in [-0.1, -0.05) is 161 Å². The van der Waals surface area contributed by atoms with Crippen molar-refractivity contribution in [3.8, 4) is 11.1 Å². The van der Waals surface area contributed by atoms with Crippen LogP contribution in [0.25, 0.3) is 38.7 Å². The zero-order valence-corrected chi connectivity index (χ0v) is 33.4. The second-order valence-corrected chi connectivity index (χ2v) is 16.6. The van der Waals surface area contributed by atoms with E-state index in [1.807, 2.05) is 6.08 Å². The van der Waals surface area contributed by atoms with Crippen molar-refractivity contribution in [2.45, 2.75) is 38.0 Å². The highest BCUT2D eigenvalue weighted by atomic mass is 15.2. The molecule has 58 heavy (non-hydrogen) atoms. The van der Waals surface area contributed by atoms with Crippen LogP contribution in [0.4, 0.5) is 28.4 Å². The highest BCUT2D eigenvalue weighted by Crippen LogP contribution is 2.52. The lowest BCUT2D eigenvalue weighted by molar-refractivity contribution is 0.596. The van der Waals surface area contributed by atoms with Crippen molar-refractivity contribution in [1.82, 2.24) is 0 Å². The Hall–Kier alpha value is -6.90. The maximum atomic E-state index is 3.97. The van der Waals surface area contributed by atoms with E-state index >= 15 is 0 Å². The largest absolute Gasteiger partial charge is 0.311 e. The molecule has 280 valence electrons. The van der Waals surface area contributed by atoms with Crippen LogP contribution in [-0.4, -0.2) is 0 Å². The molecule has 0 amide bonds. The van der Waals surface area contributed by atoms with E-state index in [-0.39, 0.29) is 10.8 Å². The van der Waals surface area contributed by atoms with E-state index in [1.54, 1.807) is 0 Å². The first-order valence-electron chi connectivity index (χ1n) is 20.3. The molecule has 0 aromatic heterocycles. The summed E-state index contributed by atoms with van der Waals surface area (Å²) in [5.41, 5.74) is 14.3. The summed E-state index contributed by atoms with van der Waals surface area (Å²) in [6, 6.07) is 64.5. The lowest BCUT2D eigenvalue weighted by Gasteiger charge is -2.34. The van der Waals surface area contributed by atoms with Gasteiger partial charge in [-0.05, 0) is 128 Å². The first-order valence-corrected chi connectivity index (χ1v) is 20.3. The Kier molecular flexibility index (Phi) is 8.53. The van der Waals surface area contributed by atoms with E-state index in [0.717, 1.165) is 40.4 Å². The molecule has 2 nitrogen and oxygen atoms in total. The first-order chi connectivity index (χ1) is 28.3. The minimum Gasteiger partial charge on any atom is -0.311 e. The fraction of sp³-hybridized carbons (Fsp3) is 0.107. The predicted molar refractivity (Wildman–Crippen MR) is 248 cm³/mol. The Labute approximate surface area is 342 Å². The second kappa shape index (κ2) is 13.9. The van der Waals surface area contributed by atoms with Crippen LogP contribution >= 0.6 is 0 Å². The normalized spacial score (nSPS) is 16.4. The molecule has 0 radical (unpaired) electrons. The summed E-state index contributed by atoms with van der Waals surface area (Å²) >= 11 is 0. The van der Waals surface area contributed by atoms with Gasteiger partial charge in [0.25, 0.3) is 0 Å². The first kappa shape index (κ1) is 35.5. The van der Waals surface area contributed by atoms with Gasteiger partial charge in [-0.2, -0.15) is 0 Å². The maximum absolute atomic E-state index is 3.97. The van der Waals surface area contributed by atoms with Gasteiger partial charge in [0, 0.05) is 45.0 Å². The maximum Gasteiger partial charge on any atom is 0.0467 e. The monoisotopic (exact) mass is 746 g/mol. The Morgan fingerprint density at radius 3 is 1.62 bits per heavy atom. The number of nitrogens with zero attached hydrogens (tertiary/aromatic N) is 2. The van der Waals surface area contributed by atoms with Crippen molar-refractivity contribution >= 4 is 56.1 Å². The fourth-order valence-electron chi connectivity index (χ4n) is 9.18. The molecule has 2 aliphatic carbocycles. The van der Waals surface area contributed by atoms with Crippen LogP contribution in [0.1, 0.15) is 49.4 Å². The van der Waals surface area contributed by atoms with E-state index in [9.17, 15) is 0 Å². The summed E-state index contributed by atoms with van der Waals surface area (Å²) in [5, 5.41) is 5.03. The Bertz CT molecular complexity index is 2930. The van der Waals surface area contributed by atoms with Crippen molar-refractivity contribution in [2.24, 2.45) is 0 Å². The highest BCUT2D eigenvalue weighted by molar-refractivity contribution is 5.91. The SMILES string of the molecule is C=Cc1ccc(N(c2ccccc2)c2ccc3c(c2)C(C)(C)c2cc(N(C4=CCC(C)(c5ccc6ccccc6c5)C=C4)c4ccc5ccccc5c4)ccc2-3)cc1. The van der Waals surface area contributed by atoms with Crippen LogP contribution < -0.4 is 9.80 Å². The van der Waals surface area contributed by atoms with E-state index in [1.165, 1.54) is 55.1 Å². The van der Waals surface area contributed by atoms with Gasteiger partial charge < -0.3 is 9.80 Å². The number of allylic oxidation sites excluding steroid dienone is 3. The topological polar surface area (TPSA) is 6.48 Å². The van der Waals surface area contributed by atoms with Gasteiger partial charge in [0.05, 0.1) is 0 Å². The van der Waals surface area contributed by atoms with Crippen LogP contribution in [-0.2, 0) is 10.8 Å². The van der Waals surface area contributed by atoms with E-state index < -0.39 is 0 Å². The van der Waals surface area contributed by atoms with E-state index in [0.29, 0.717) is 0 Å². The molecule has 0 spiro atoms. The van der Waals surface area contributed by atoms with Gasteiger partial charge >= 0.3 is 0 Å². The van der Waals surface area contributed by atoms with Crippen LogP contribution in [0.2, 0.25) is 0 Å². The van der Waals surface area contributed by atoms with Crippen molar-refractivity contribution in [1.29, 1.82) is 0 Å². The zero-order chi connectivity index (χ0) is 39.4. The van der Waals surface area contributed by atoms with Crippen molar-refractivity contribution in [3.05, 3.63) is 229 Å². The minimum atomic E-state index is -0.230. The molecule has 0 bridgehead atoms. The molecule has 0 saturated carbocycles. The third-order valence-corrected chi connectivity index (χ3v) is 12.6. The standard InChI is InChI=1S/C56H46N2/c1-5-39-19-24-46(25-20-39)57(45-17-7-6-8-18-45)49-27-29-51-52-30-28-50(38-54(52)55(2,3)53(51)37-49)58(48-26-22-41-14-10-12-16-43(41)36-48)47-31-33-56(4,34-32-47)44-23-21-40-13-9-11-15-42(40)35-44/h5-33,35-38H,1,34H2,2-4H3. The van der Waals surface area contributed by atoms with Gasteiger partial charge in [-0.15, -0.1) is 0 Å². The quantitative estimate of drug-likeness (QED) is 0.153. The Balaban J connectivity index is 1.05. The molecular weight excluding hydrogens is 701 g/mol. The van der Waals surface area contributed by atoms with Gasteiger partial charge in [0.15, 0.2) is 0 Å². The smallest absolute Gasteiger partial charge is 0.0467 e. The minimum absolute atomic E-state index is 0.108. The molecule has 0 saturated heterocycles. The zero-order valence-electron chi connectivity index (χ0n) is 33.4. The number of hydrogen-bond donors (Lipinski definition) is 0. The van der Waals surface area contributed by atoms with E-state index in [4.69, 9.17) is 0 Å².